The van der Waals surface area contributed by atoms with Gasteiger partial charge in [-0.05, 0) is 62.8 Å². The van der Waals surface area contributed by atoms with Crippen LogP contribution in [0.5, 0.6) is 5.75 Å². The average Bonchev–Trinajstić information content (AvgIpc) is 3.11. The number of sulfonamides is 1. The smallest absolute Gasteiger partial charge is 0.211 e. The van der Waals surface area contributed by atoms with Gasteiger partial charge in [-0.2, -0.15) is 0 Å². The fourth-order valence-electron chi connectivity index (χ4n) is 5.29. The summed E-state index contributed by atoms with van der Waals surface area (Å²) in [6, 6.07) is 9.77. The predicted octanol–water partition coefficient (Wildman–Crippen LogP) is 3.63. The van der Waals surface area contributed by atoms with E-state index in [9.17, 15) is 8.42 Å². The number of ether oxygens (including phenoxy) is 1. The van der Waals surface area contributed by atoms with Crippen molar-refractivity contribution in [2.45, 2.75) is 63.1 Å². The molecular formula is C23H33N3O3S. The fraction of sp³-hybridized carbons (Fsp3) is 0.652. The molecule has 1 aromatic carbocycles. The maximum absolute atomic E-state index is 11.8. The molecule has 0 radical (unpaired) electrons. The van der Waals surface area contributed by atoms with E-state index in [0.29, 0.717) is 25.2 Å². The molecule has 2 aliphatic heterocycles. The lowest BCUT2D eigenvalue weighted by Gasteiger charge is -2.41. The minimum atomic E-state index is -3.08. The first-order chi connectivity index (χ1) is 14.5. The zero-order valence-electron chi connectivity index (χ0n) is 17.9. The molecule has 0 bridgehead atoms. The average molecular weight is 432 g/mol. The van der Waals surface area contributed by atoms with Gasteiger partial charge in [0, 0.05) is 55.4 Å². The summed E-state index contributed by atoms with van der Waals surface area (Å²) in [4.78, 5) is 2.65. The van der Waals surface area contributed by atoms with Crippen LogP contribution in [0.1, 0.15) is 51.0 Å². The van der Waals surface area contributed by atoms with E-state index in [1.54, 1.807) is 4.31 Å². The van der Waals surface area contributed by atoms with Gasteiger partial charge in [-0.3, -0.25) is 0 Å². The van der Waals surface area contributed by atoms with Crippen molar-refractivity contribution in [2.24, 2.45) is 0 Å². The van der Waals surface area contributed by atoms with Crippen LogP contribution in [0.2, 0.25) is 0 Å². The lowest BCUT2D eigenvalue weighted by Crippen LogP contribution is -2.46. The summed E-state index contributed by atoms with van der Waals surface area (Å²) >= 11 is 0. The Morgan fingerprint density at radius 1 is 0.900 bits per heavy atom. The molecule has 3 fully saturated rings. The van der Waals surface area contributed by atoms with E-state index in [-0.39, 0.29) is 0 Å². The number of fused-ring (bicyclic) bond motifs is 1. The number of rotatable bonds is 5. The summed E-state index contributed by atoms with van der Waals surface area (Å²) < 4.78 is 33.8. The van der Waals surface area contributed by atoms with E-state index in [2.05, 4.69) is 39.9 Å². The molecule has 164 valence electrons. The third-order valence-electron chi connectivity index (χ3n) is 7.35. The quantitative estimate of drug-likeness (QED) is 0.725. The number of aromatic nitrogens is 1. The van der Waals surface area contributed by atoms with Crippen molar-refractivity contribution in [3.8, 4) is 5.75 Å². The van der Waals surface area contributed by atoms with E-state index >= 15 is 0 Å². The van der Waals surface area contributed by atoms with Crippen molar-refractivity contribution < 1.29 is 13.2 Å². The van der Waals surface area contributed by atoms with E-state index in [0.717, 1.165) is 37.5 Å². The molecule has 0 spiro atoms. The molecular weight excluding hydrogens is 398 g/mol. The number of piperidine rings is 2. The van der Waals surface area contributed by atoms with Gasteiger partial charge in [0.25, 0.3) is 0 Å². The molecule has 1 saturated carbocycles. The van der Waals surface area contributed by atoms with Crippen LogP contribution in [0.4, 0.5) is 0 Å². The SMILES string of the molecule is CS(=O)(=O)N1CCC(n2ccc3cc(OC4CCN(C5CCC5)CC4)ccc32)CC1. The summed E-state index contributed by atoms with van der Waals surface area (Å²) in [6.45, 7) is 3.54. The molecule has 3 heterocycles. The summed E-state index contributed by atoms with van der Waals surface area (Å²) in [5.41, 5.74) is 1.21. The van der Waals surface area contributed by atoms with Crippen LogP contribution in [0, 0.1) is 0 Å². The molecule has 0 unspecified atom stereocenters. The Balaban J connectivity index is 1.21. The number of nitrogens with zero attached hydrogens (tertiary/aromatic N) is 3. The number of benzene rings is 1. The third-order valence-corrected chi connectivity index (χ3v) is 8.65. The normalized spacial score (nSPS) is 23.6. The molecule has 7 heteroatoms. The van der Waals surface area contributed by atoms with Crippen molar-refractivity contribution in [1.29, 1.82) is 0 Å². The number of likely N-dealkylation sites (tertiary alicyclic amines) is 1. The topological polar surface area (TPSA) is 54.8 Å². The molecule has 0 atom stereocenters. The van der Waals surface area contributed by atoms with Gasteiger partial charge in [-0.15, -0.1) is 0 Å². The van der Waals surface area contributed by atoms with E-state index in [1.165, 1.54) is 49.5 Å². The molecule has 0 N–H and O–H groups in total. The van der Waals surface area contributed by atoms with Crippen LogP contribution in [0.3, 0.4) is 0 Å². The molecule has 1 aromatic heterocycles. The minimum Gasteiger partial charge on any atom is -0.490 e. The molecule has 2 aromatic rings. The van der Waals surface area contributed by atoms with Crippen LogP contribution in [0.25, 0.3) is 10.9 Å². The highest BCUT2D eigenvalue weighted by molar-refractivity contribution is 7.88. The second kappa shape index (κ2) is 8.17. The highest BCUT2D eigenvalue weighted by Gasteiger charge is 2.29. The van der Waals surface area contributed by atoms with Crippen LogP contribution < -0.4 is 4.74 Å². The molecule has 1 aliphatic carbocycles. The van der Waals surface area contributed by atoms with Gasteiger partial charge in [-0.25, -0.2) is 12.7 Å². The van der Waals surface area contributed by atoms with Crippen molar-refractivity contribution in [2.75, 3.05) is 32.4 Å². The molecule has 6 nitrogen and oxygen atoms in total. The van der Waals surface area contributed by atoms with Crippen molar-refractivity contribution >= 4 is 20.9 Å². The zero-order chi connectivity index (χ0) is 20.7. The van der Waals surface area contributed by atoms with Crippen LogP contribution >= 0.6 is 0 Å². The van der Waals surface area contributed by atoms with Gasteiger partial charge in [0.1, 0.15) is 11.9 Å². The summed E-state index contributed by atoms with van der Waals surface area (Å²) in [5.74, 6) is 0.967. The Morgan fingerprint density at radius 2 is 1.63 bits per heavy atom. The maximum atomic E-state index is 11.8. The second-order valence-electron chi connectivity index (χ2n) is 9.27. The van der Waals surface area contributed by atoms with Gasteiger partial charge in [0.05, 0.1) is 6.26 Å². The highest BCUT2D eigenvalue weighted by Crippen LogP contribution is 2.32. The lowest BCUT2D eigenvalue weighted by molar-refractivity contribution is 0.0494. The van der Waals surface area contributed by atoms with Crippen LogP contribution in [-0.4, -0.2) is 66.8 Å². The van der Waals surface area contributed by atoms with Crippen LogP contribution in [0.15, 0.2) is 30.5 Å². The zero-order valence-corrected chi connectivity index (χ0v) is 18.7. The molecule has 30 heavy (non-hydrogen) atoms. The Hall–Kier alpha value is -1.57. The third kappa shape index (κ3) is 4.12. The predicted molar refractivity (Wildman–Crippen MR) is 119 cm³/mol. The Kier molecular flexibility index (Phi) is 5.54. The van der Waals surface area contributed by atoms with Crippen molar-refractivity contribution in [3.63, 3.8) is 0 Å². The first-order valence-electron chi connectivity index (χ1n) is 11.4. The summed E-state index contributed by atoms with van der Waals surface area (Å²) in [6.07, 6.45) is 11.9. The first kappa shape index (κ1) is 20.3. The summed E-state index contributed by atoms with van der Waals surface area (Å²) in [7, 11) is -3.08. The monoisotopic (exact) mass is 431 g/mol. The first-order valence-corrected chi connectivity index (χ1v) is 13.3. The fourth-order valence-corrected chi connectivity index (χ4v) is 6.16. The van der Waals surface area contributed by atoms with E-state index < -0.39 is 10.0 Å². The van der Waals surface area contributed by atoms with Crippen molar-refractivity contribution in [1.82, 2.24) is 13.8 Å². The van der Waals surface area contributed by atoms with Gasteiger partial charge in [0.15, 0.2) is 0 Å². The van der Waals surface area contributed by atoms with Gasteiger partial charge < -0.3 is 14.2 Å². The highest BCUT2D eigenvalue weighted by atomic mass is 32.2. The standard InChI is InChI=1S/C23H33N3O3S/c1-30(27,28)25-14-8-20(9-15-25)26-16-7-18-17-22(5-6-23(18)26)29-21-10-12-24(13-11-21)19-3-2-4-19/h5-7,16-17,19-21H,2-4,8-15H2,1H3. The van der Waals surface area contributed by atoms with Crippen molar-refractivity contribution in [3.05, 3.63) is 30.5 Å². The maximum Gasteiger partial charge on any atom is 0.211 e. The largest absolute Gasteiger partial charge is 0.490 e. The number of hydrogen-bond donors (Lipinski definition) is 0. The number of hydrogen-bond acceptors (Lipinski definition) is 4. The minimum absolute atomic E-state index is 0.321. The Bertz CT molecular complexity index is 982. The van der Waals surface area contributed by atoms with Crippen LogP contribution in [-0.2, 0) is 10.0 Å². The summed E-state index contributed by atoms with van der Waals surface area (Å²) in [5, 5.41) is 1.20. The lowest BCUT2D eigenvalue weighted by atomic mass is 9.90. The molecule has 5 rings (SSSR count). The van der Waals surface area contributed by atoms with Gasteiger partial charge >= 0.3 is 0 Å². The molecule has 2 saturated heterocycles. The van der Waals surface area contributed by atoms with E-state index in [1.807, 2.05) is 0 Å². The van der Waals surface area contributed by atoms with Gasteiger partial charge in [-0.1, -0.05) is 6.42 Å². The Labute approximate surface area is 179 Å². The second-order valence-corrected chi connectivity index (χ2v) is 11.3. The molecule has 0 amide bonds. The Morgan fingerprint density at radius 3 is 2.27 bits per heavy atom. The van der Waals surface area contributed by atoms with E-state index in [4.69, 9.17) is 4.74 Å². The molecule has 3 aliphatic rings. The van der Waals surface area contributed by atoms with Gasteiger partial charge in [0.2, 0.25) is 10.0 Å².